The Morgan fingerprint density at radius 1 is 1.08 bits per heavy atom. The van der Waals surface area contributed by atoms with Crippen LogP contribution in [0.1, 0.15) is 73.9 Å². The average Bonchev–Trinajstić information content (AvgIpc) is 3.01. The zero-order valence-electron chi connectivity index (χ0n) is 15.8. The van der Waals surface area contributed by atoms with E-state index in [0.29, 0.717) is 17.4 Å². The molecule has 0 saturated carbocycles. The molecule has 1 heterocycles. The first-order valence-electron chi connectivity index (χ1n) is 8.65. The predicted molar refractivity (Wildman–Crippen MR) is 103 cm³/mol. The van der Waals surface area contributed by atoms with Crippen LogP contribution in [0.4, 0.5) is 5.69 Å². The summed E-state index contributed by atoms with van der Waals surface area (Å²) in [6, 6.07) is 8.02. The third-order valence-corrected chi connectivity index (χ3v) is 4.07. The van der Waals surface area contributed by atoms with Gasteiger partial charge >= 0.3 is 5.97 Å². The van der Waals surface area contributed by atoms with Crippen LogP contribution in [0.25, 0.3) is 5.57 Å². The van der Waals surface area contributed by atoms with Crippen molar-refractivity contribution in [3.05, 3.63) is 59.1 Å². The molecule has 0 fully saturated rings. The molecule has 138 valence electrons. The number of hydrogen-bond donors (Lipinski definition) is 2. The quantitative estimate of drug-likeness (QED) is 0.692. The number of carbonyl (C=O) groups is 2. The lowest BCUT2D eigenvalue weighted by molar-refractivity contribution is -0.111. The Morgan fingerprint density at radius 3 is 2.15 bits per heavy atom. The van der Waals surface area contributed by atoms with Crippen LogP contribution in [0.2, 0.25) is 0 Å². The van der Waals surface area contributed by atoms with Gasteiger partial charge in [-0.3, -0.25) is 4.79 Å². The second-order valence-electron chi connectivity index (χ2n) is 6.94. The Balaban J connectivity index is 2.17. The summed E-state index contributed by atoms with van der Waals surface area (Å²) in [5.41, 5.74) is 2.60. The molecule has 2 N–H and O–H groups in total. The highest BCUT2D eigenvalue weighted by Crippen LogP contribution is 2.32. The summed E-state index contributed by atoms with van der Waals surface area (Å²) < 4.78 is 5.98. The molecule has 1 aromatic heterocycles. The van der Waals surface area contributed by atoms with Crippen molar-refractivity contribution < 1.29 is 19.1 Å². The molecule has 0 aliphatic carbocycles. The molecule has 0 bridgehead atoms. The largest absolute Gasteiger partial charge is 0.478 e. The minimum Gasteiger partial charge on any atom is -0.478 e. The van der Waals surface area contributed by atoms with Crippen LogP contribution in [0.5, 0.6) is 0 Å². The van der Waals surface area contributed by atoms with E-state index in [1.165, 1.54) is 18.2 Å². The van der Waals surface area contributed by atoms with Gasteiger partial charge in [0.2, 0.25) is 5.91 Å². The van der Waals surface area contributed by atoms with E-state index in [1.807, 2.05) is 13.0 Å². The number of benzene rings is 1. The minimum atomic E-state index is -1.00. The van der Waals surface area contributed by atoms with E-state index in [2.05, 4.69) is 33.0 Å². The highest BCUT2D eigenvalue weighted by Gasteiger charge is 2.17. The molecule has 0 aliphatic heterocycles. The van der Waals surface area contributed by atoms with E-state index in [1.54, 1.807) is 12.1 Å². The van der Waals surface area contributed by atoms with E-state index in [4.69, 9.17) is 9.52 Å². The first kappa shape index (κ1) is 19.5. The highest BCUT2D eigenvalue weighted by molar-refractivity contribution is 6.03. The molecule has 2 aromatic rings. The number of carboxylic acid groups (broad SMARTS) is 1. The summed E-state index contributed by atoms with van der Waals surface area (Å²) >= 11 is 0. The Bertz CT molecular complexity index is 801. The first-order chi connectivity index (χ1) is 12.2. The summed E-state index contributed by atoms with van der Waals surface area (Å²) in [7, 11) is 0. The molecule has 26 heavy (non-hydrogen) atoms. The van der Waals surface area contributed by atoms with Crippen LogP contribution in [-0.2, 0) is 4.79 Å². The van der Waals surface area contributed by atoms with Crippen LogP contribution in [-0.4, -0.2) is 17.0 Å². The fourth-order valence-electron chi connectivity index (χ4n) is 2.66. The number of furan rings is 1. The third kappa shape index (κ3) is 4.63. The van der Waals surface area contributed by atoms with Gasteiger partial charge in [-0.15, -0.1) is 0 Å². The molecule has 0 saturated heterocycles. The van der Waals surface area contributed by atoms with Crippen molar-refractivity contribution in [2.24, 2.45) is 0 Å². The number of rotatable bonds is 6. The van der Waals surface area contributed by atoms with Gasteiger partial charge in [0.1, 0.15) is 11.5 Å². The normalized spacial score (nSPS) is 11.9. The van der Waals surface area contributed by atoms with Crippen molar-refractivity contribution in [2.75, 3.05) is 5.32 Å². The van der Waals surface area contributed by atoms with Crippen molar-refractivity contribution in [3.8, 4) is 0 Å². The zero-order valence-corrected chi connectivity index (χ0v) is 15.8. The van der Waals surface area contributed by atoms with Gasteiger partial charge in [0, 0.05) is 17.7 Å². The maximum absolute atomic E-state index is 12.2. The molecule has 0 atom stereocenters. The maximum atomic E-state index is 12.2. The molecule has 0 unspecified atom stereocenters. The SMILES string of the molecule is C/C(=C/C(=O)Nc1ccc(C(=O)O)cc1)c1cc(C(C)C)c(C(C)C)o1. The topological polar surface area (TPSA) is 79.5 Å². The zero-order chi connectivity index (χ0) is 19.4. The molecule has 1 aromatic carbocycles. The van der Waals surface area contributed by atoms with Gasteiger partial charge in [0.05, 0.1) is 5.56 Å². The number of allylic oxidation sites excluding steroid dienone is 1. The van der Waals surface area contributed by atoms with Gasteiger partial charge in [-0.2, -0.15) is 0 Å². The van der Waals surface area contributed by atoms with E-state index >= 15 is 0 Å². The summed E-state index contributed by atoms with van der Waals surface area (Å²) in [5, 5.41) is 11.6. The van der Waals surface area contributed by atoms with Crippen molar-refractivity contribution in [1.29, 1.82) is 0 Å². The van der Waals surface area contributed by atoms with Crippen molar-refractivity contribution >= 4 is 23.1 Å². The van der Waals surface area contributed by atoms with E-state index in [0.717, 1.165) is 16.9 Å². The van der Waals surface area contributed by atoms with E-state index < -0.39 is 5.97 Å². The second-order valence-corrected chi connectivity index (χ2v) is 6.94. The first-order valence-corrected chi connectivity index (χ1v) is 8.65. The Labute approximate surface area is 153 Å². The highest BCUT2D eigenvalue weighted by atomic mass is 16.4. The third-order valence-electron chi connectivity index (χ3n) is 4.07. The molecular weight excluding hydrogens is 330 g/mol. The second kappa shape index (κ2) is 8.04. The lowest BCUT2D eigenvalue weighted by Gasteiger charge is -2.07. The molecule has 5 heteroatoms. The molecule has 2 rings (SSSR count). The van der Waals surface area contributed by atoms with Crippen molar-refractivity contribution in [3.63, 3.8) is 0 Å². The Hall–Kier alpha value is -2.82. The Kier molecular flexibility index (Phi) is 6.03. The van der Waals surface area contributed by atoms with Crippen LogP contribution in [0, 0.1) is 0 Å². The van der Waals surface area contributed by atoms with Crippen LogP contribution in [0.3, 0.4) is 0 Å². The lowest BCUT2D eigenvalue weighted by Crippen LogP contribution is -2.08. The molecule has 0 spiro atoms. The van der Waals surface area contributed by atoms with Gasteiger partial charge < -0.3 is 14.8 Å². The lowest BCUT2D eigenvalue weighted by atomic mass is 9.98. The van der Waals surface area contributed by atoms with E-state index in [9.17, 15) is 9.59 Å². The fourth-order valence-corrected chi connectivity index (χ4v) is 2.66. The number of carboxylic acids is 1. The van der Waals surface area contributed by atoms with Gasteiger partial charge in [0.25, 0.3) is 0 Å². The smallest absolute Gasteiger partial charge is 0.335 e. The van der Waals surface area contributed by atoms with Gasteiger partial charge in [-0.1, -0.05) is 27.7 Å². The number of aromatic carboxylic acids is 1. The van der Waals surface area contributed by atoms with E-state index in [-0.39, 0.29) is 17.4 Å². The van der Waals surface area contributed by atoms with Gasteiger partial charge in [-0.25, -0.2) is 4.79 Å². The van der Waals surface area contributed by atoms with Gasteiger partial charge in [-0.05, 0) is 54.3 Å². The molecule has 1 amide bonds. The summed E-state index contributed by atoms with van der Waals surface area (Å²) in [6.07, 6.45) is 1.48. The number of nitrogens with one attached hydrogen (secondary N) is 1. The summed E-state index contributed by atoms with van der Waals surface area (Å²) in [6.45, 7) is 10.2. The van der Waals surface area contributed by atoms with Crippen LogP contribution in [0.15, 0.2) is 40.8 Å². The maximum Gasteiger partial charge on any atom is 0.335 e. The number of amides is 1. The monoisotopic (exact) mass is 355 g/mol. The van der Waals surface area contributed by atoms with Gasteiger partial charge in [0.15, 0.2) is 0 Å². The summed E-state index contributed by atoms with van der Waals surface area (Å²) in [4.78, 5) is 23.1. The fraction of sp³-hybridized carbons (Fsp3) is 0.333. The van der Waals surface area contributed by atoms with Crippen molar-refractivity contribution in [1.82, 2.24) is 0 Å². The molecular formula is C21H25NO4. The number of anilines is 1. The number of carbonyl (C=O) groups excluding carboxylic acids is 1. The Morgan fingerprint density at radius 2 is 1.69 bits per heavy atom. The standard InChI is InChI=1S/C21H25NO4/c1-12(2)17-11-18(26-20(17)13(3)4)14(5)10-19(23)22-16-8-6-15(7-9-16)21(24)25/h6-13H,1-5H3,(H,22,23)(H,24,25)/b14-10-. The van der Waals surface area contributed by atoms with Crippen molar-refractivity contribution in [2.45, 2.75) is 46.5 Å². The molecule has 5 nitrogen and oxygen atoms in total. The molecule has 0 radical (unpaired) electrons. The predicted octanol–water partition coefficient (Wildman–Crippen LogP) is 5.27. The van der Waals surface area contributed by atoms with Crippen LogP contribution >= 0.6 is 0 Å². The summed E-state index contributed by atoms with van der Waals surface area (Å²) in [5.74, 6) is 0.966. The number of hydrogen-bond acceptors (Lipinski definition) is 3. The minimum absolute atomic E-state index is 0.174. The van der Waals surface area contributed by atoms with Crippen LogP contribution < -0.4 is 5.32 Å². The average molecular weight is 355 g/mol. The molecule has 0 aliphatic rings.